The van der Waals surface area contributed by atoms with Crippen molar-refractivity contribution in [1.29, 1.82) is 0 Å². The van der Waals surface area contributed by atoms with Gasteiger partial charge in [-0.15, -0.1) is 0 Å². The number of hydrogen-bond donors (Lipinski definition) is 1. The third-order valence-electron chi connectivity index (χ3n) is 11.9. The van der Waals surface area contributed by atoms with E-state index >= 15 is 0 Å². The van der Waals surface area contributed by atoms with Gasteiger partial charge >= 0.3 is 0 Å². The van der Waals surface area contributed by atoms with E-state index in [0.29, 0.717) is 22.7 Å². The van der Waals surface area contributed by atoms with Gasteiger partial charge in [-0.05, 0) is 118 Å². The van der Waals surface area contributed by atoms with Gasteiger partial charge in [0.2, 0.25) is 0 Å². The lowest BCUT2D eigenvalue weighted by Gasteiger charge is -2.58. The fourth-order valence-corrected chi connectivity index (χ4v) is 9.52. The molecular weight excluding hydrogens is 438 g/mol. The molecule has 0 saturated heterocycles. The van der Waals surface area contributed by atoms with Crippen molar-refractivity contribution in [1.82, 2.24) is 5.32 Å². The number of ketones is 1. The third kappa shape index (κ3) is 5.84. The van der Waals surface area contributed by atoms with Crippen LogP contribution in [-0.4, -0.2) is 18.4 Å². The maximum Gasteiger partial charge on any atom is 0.135 e. The molecule has 0 aromatic heterocycles. The molecule has 1 N–H and O–H groups in total. The first kappa shape index (κ1) is 28.4. The van der Waals surface area contributed by atoms with Crippen molar-refractivity contribution < 1.29 is 4.79 Å². The molecule has 206 valence electrons. The van der Waals surface area contributed by atoms with Crippen LogP contribution in [0.25, 0.3) is 0 Å². The average Bonchev–Trinajstić information content (AvgIpc) is 3.18. The summed E-state index contributed by atoms with van der Waals surface area (Å²) in [6, 6.07) is 0.616. The van der Waals surface area contributed by atoms with Crippen LogP contribution in [0.1, 0.15) is 138 Å². The summed E-state index contributed by atoms with van der Waals surface area (Å²) in [4.78, 5) is 12.2. The van der Waals surface area contributed by atoms with Crippen LogP contribution in [0.15, 0.2) is 11.6 Å². The van der Waals surface area contributed by atoms with Crippen LogP contribution in [0.2, 0.25) is 0 Å². The standard InChI is InChI=1S/C34H59NO/c1-7-10-32(36)25(4)19-22-35-28-17-20-34(6)27(23-28)13-15-29-30-16-14-26(12-9-8-11-24(2)3)33(30,5)21-18-31(29)34/h13,24-26,28-31,35H,7-12,14-23H2,1-6H3. The number of nitrogens with one attached hydrogen (secondary N) is 1. The van der Waals surface area contributed by atoms with E-state index in [9.17, 15) is 4.79 Å². The van der Waals surface area contributed by atoms with Gasteiger partial charge in [-0.2, -0.15) is 0 Å². The Labute approximate surface area is 224 Å². The molecule has 0 aliphatic heterocycles. The van der Waals surface area contributed by atoms with Crippen LogP contribution in [0.4, 0.5) is 0 Å². The van der Waals surface area contributed by atoms with Gasteiger partial charge in [-0.3, -0.25) is 4.79 Å². The molecule has 2 heteroatoms. The zero-order valence-electron chi connectivity index (χ0n) is 24.8. The van der Waals surface area contributed by atoms with Crippen molar-refractivity contribution in [3.05, 3.63) is 11.6 Å². The fraction of sp³-hybridized carbons (Fsp3) is 0.912. The Morgan fingerprint density at radius 1 is 1.03 bits per heavy atom. The van der Waals surface area contributed by atoms with Gasteiger partial charge in [0.15, 0.2) is 0 Å². The predicted molar refractivity (Wildman–Crippen MR) is 154 cm³/mol. The van der Waals surface area contributed by atoms with Crippen LogP contribution in [-0.2, 0) is 4.79 Å². The lowest BCUT2D eigenvalue weighted by molar-refractivity contribution is -0.122. The second-order valence-electron chi connectivity index (χ2n) is 14.6. The van der Waals surface area contributed by atoms with Crippen molar-refractivity contribution in [2.45, 2.75) is 144 Å². The van der Waals surface area contributed by atoms with Gasteiger partial charge in [0, 0.05) is 18.4 Å². The molecule has 0 aromatic rings. The van der Waals surface area contributed by atoms with Crippen molar-refractivity contribution in [2.24, 2.45) is 46.3 Å². The first-order valence-electron chi connectivity index (χ1n) is 16.1. The molecule has 0 bridgehead atoms. The fourth-order valence-electron chi connectivity index (χ4n) is 9.52. The summed E-state index contributed by atoms with van der Waals surface area (Å²) < 4.78 is 0. The van der Waals surface area contributed by atoms with Gasteiger partial charge in [0.1, 0.15) is 5.78 Å². The Kier molecular flexibility index (Phi) is 9.50. The average molecular weight is 498 g/mol. The second-order valence-corrected chi connectivity index (χ2v) is 14.6. The summed E-state index contributed by atoms with van der Waals surface area (Å²) in [5.41, 5.74) is 2.85. The summed E-state index contributed by atoms with van der Waals surface area (Å²) in [5.74, 6) is 5.34. The maximum atomic E-state index is 12.2. The van der Waals surface area contributed by atoms with Crippen LogP contribution in [0.3, 0.4) is 0 Å². The summed E-state index contributed by atoms with van der Waals surface area (Å²) >= 11 is 0. The van der Waals surface area contributed by atoms with Crippen LogP contribution < -0.4 is 5.32 Å². The van der Waals surface area contributed by atoms with E-state index in [0.717, 1.165) is 55.4 Å². The van der Waals surface area contributed by atoms with E-state index in [1.807, 2.05) is 0 Å². The van der Waals surface area contributed by atoms with Crippen LogP contribution in [0.5, 0.6) is 0 Å². The molecule has 3 saturated carbocycles. The Morgan fingerprint density at radius 2 is 1.83 bits per heavy atom. The molecule has 0 spiro atoms. The molecule has 0 amide bonds. The van der Waals surface area contributed by atoms with E-state index in [1.165, 1.54) is 77.0 Å². The first-order chi connectivity index (χ1) is 17.2. The first-order valence-corrected chi connectivity index (χ1v) is 16.1. The van der Waals surface area contributed by atoms with Crippen LogP contribution >= 0.6 is 0 Å². The highest BCUT2D eigenvalue weighted by Gasteiger charge is 2.58. The molecule has 4 aliphatic rings. The number of fused-ring (bicyclic) bond motifs is 5. The number of rotatable bonds is 12. The zero-order chi connectivity index (χ0) is 25.9. The molecule has 8 unspecified atom stereocenters. The second kappa shape index (κ2) is 12.0. The number of carbonyl (C=O) groups excluding carboxylic acids is 1. The number of allylic oxidation sites excluding steroid dienone is 1. The SMILES string of the molecule is CCCC(=O)C(C)CCNC1CCC2(C)C(=CCC3C2CCC2(C)C(CCCCC(C)C)CCC32)C1. The minimum atomic E-state index is 0.211. The maximum absolute atomic E-state index is 12.2. The number of unbranched alkanes of at least 4 members (excludes halogenated alkanes) is 1. The van der Waals surface area contributed by atoms with Gasteiger partial charge in [0.25, 0.3) is 0 Å². The largest absolute Gasteiger partial charge is 0.314 e. The Balaban J connectivity index is 1.32. The molecular formula is C34H59NO. The Bertz CT molecular complexity index is 769. The van der Waals surface area contributed by atoms with Gasteiger partial charge in [-0.25, -0.2) is 0 Å². The molecule has 8 atom stereocenters. The normalized spacial score (nSPS) is 38.8. The van der Waals surface area contributed by atoms with Crippen molar-refractivity contribution in [2.75, 3.05) is 6.54 Å². The van der Waals surface area contributed by atoms with E-state index in [-0.39, 0.29) is 5.92 Å². The molecule has 0 heterocycles. The molecule has 4 aliphatic carbocycles. The molecule has 0 radical (unpaired) electrons. The number of hydrogen-bond acceptors (Lipinski definition) is 2. The third-order valence-corrected chi connectivity index (χ3v) is 11.9. The highest BCUT2D eigenvalue weighted by Crippen LogP contribution is 2.66. The van der Waals surface area contributed by atoms with Crippen LogP contribution in [0, 0.1) is 46.3 Å². The molecule has 4 rings (SSSR count). The molecule has 0 aromatic carbocycles. The summed E-state index contributed by atoms with van der Waals surface area (Å²) in [5, 5.41) is 3.86. The monoisotopic (exact) mass is 497 g/mol. The quantitative estimate of drug-likeness (QED) is 0.215. The van der Waals surface area contributed by atoms with Crippen molar-refractivity contribution >= 4 is 5.78 Å². The van der Waals surface area contributed by atoms with Gasteiger partial charge < -0.3 is 5.32 Å². The Hall–Kier alpha value is -0.630. The van der Waals surface area contributed by atoms with E-state index in [2.05, 4.69) is 52.9 Å². The lowest BCUT2D eigenvalue weighted by atomic mass is 9.47. The van der Waals surface area contributed by atoms with E-state index in [4.69, 9.17) is 0 Å². The topological polar surface area (TPSA) is 29.1 Å². The highest BCUT2D eigenvalue weighted by molar-refractivity contribution is 5.80. The molecule has 2 nitrogen and oxygen atoms in total. The number of Topliss-reactive ketones (excluding diaryl/α,β-unsaturated/α-hetero) is 1. The molecule has 36 heavy (non-hydrogen) atoms. The minimum absolute atomic E-state index is 0.211. The Morgan fingerprint density at radius 3 is 2.58 bits per heavy atom. The van der Waals surface area contributed by atoms with E-state index < -0.39 is 0 Å². The zero-order valence-corrected chi connectivity index (χ0v) is 24.8. The van der Waals surface area contributed by atoms with Gasteiger partial charge in [0.05, 0.1) is 0 Å². The summed E-state index contributed by atoms with van der Waals surface area (Å²) in [6.45, 7) is 15.3. The van der Waals surface area contributed by atoms with Gasteiger partial charge in [-0.1, -0.05) is 72.5 Å². The minimum Gasteiger partial charge on any atom is -0.314 e. The summed E-state index contributed by atoms with van der Waals surface area (Å²) in [7, 11) is 0. The summed E-state index contributed by atoms with van der Waals surface area (Å²) in [6.07, 6.45) is 22.5. The lowest BCUT2D eigenvalue weighted by Crippen LogP contribution is -2.51. The highest BCUT2D eigenvalue weighted by atomic mass is 16.1. The van der Waals surface area contributed by atoms with E-state index in [1.54, 1.807) is 5.57 Å². The predicted octanol–water partition coefficient (Wildman–Crippen LogP) is 9.14. The smallest absolute Gasteiger partial charge is 0.135 e. The molecule has 3 fully saturated rings. The van der Waals surface area contributed by atoms with Crippen molar-refractivity contribution in [3.8, 4) is 0 Å². The number of carbonyl (C=O) groups is 1. The van der Waals surface area contributed by atoms with Crippen molar-refractivity contribution in [3.63, 3.8) is 0 Å².